The molecule has 0 heterocycles. The van der Waals surface area contributed by atoms with E-state index in [0.717, 1.165) is 12.5 Å². The molecule has 0 aromatic heterocycles. The lowest BCUT2D eigenvalue weighted by atomic mass is 9.96. The molecule has 1 fully saturated rings. The minimum atomic E-state index is -4.13. The van der Waals surface area contributed by atoms with Crippen LogP contribution in [-0.2, 0) is 0 Å². The summed E-state index contributed by atoms with van der Waals surface area (Å²) in [5.41, 5.74) is 0. The lowest BCUT2D eigenvalue weighted by Gasteiger charge is -2.25. The van der Waals surface area contributed by atoms with Crippen LogP contribution >= 0.6 is 24.0 Å². The number of hydrogen-bond donors (Lipinski definition) is 2. The standard InChI is InChI=1S/C15H29F3N4.HI/c1-3-19-14(21-13-8-5-4-6-9-13)20-10-7-11-22(2)12-15(16,17)18;/h13H,3-12H2,1-2H3,(H2,19,20,21);1H. The molecule has 8 heteroatoms. The van der Waals surface area contributed by atoms with Crippen LogP contribution in [0.2, 0.25) is 0 Å². The SMILES string of the molecule is CCNC(=NCCCN(C)CC(F)(F)F)NC1CCCCC1.I. The zero-order valence-corrected chi connectivity index (χ0v) is 16.4. The highest BCUT2D eigenvalue weighted by molar-refractivity contribution is 14.0. The van der Waals surface area contributed by atoms with E-state index < -0.39 is 12.7 Å². The van der Waals surface area contributed by atoms with E-state index in [2.05, 4.69) is 15.6 Å². The van der Waals surface area contributed by atoms with Crippen molar-refractivity contribution < 1.29 is 13.2 Å². The van der Waals surface area contributed by atoms with Gasteiger partial charge >= 0.3 is 6.18 Å². The minimum Gasteiger partial charge on any atom is -0.357 e. The summed E-state index contributed by atoms with van der Waals surface area (Å²) >= 11 is 0. The molecule has 0 bridgehead atoms. The lowest BCUT2D eigenvalue weighted by molar-refractivity contribution is -0.143. The third-order valence-electron chi connectivity index (χ3n) is 3.71. The lowest BCUT2D eigenvalue weighted by Crippen LogP contribution is -2.44. The Balaban J connectivity index is 0.00000484. The van der Waals surface area contributed by atoms with Crippen LogP contribution < -0.4 is 10.6 Å². The number of rotatable bonds is 7. The van der Waals surface area contributed by atoms with Gasteiger partial charge in [0.25, 0.3) is 0 Å². The second-order valence-electron chi connectivity index (χ2n) is 5.95. The number of nitrogens with one attached hydrogen (secondary N) is 2. The maximum Gasteiger partial charge on any atom is 0.401 e. The number of halogens is 4. The molecule has 138 valence electrons. The third-order valence-corrected chi connectivity index (χ3v) is 3.71. The minimum absolute atomic E-state index is 0. The van der Waals surface area contributed by atoms with E-state index in [-0.39, 0.29) is 24.0 Å². The van der Waals surface area contributed by atoms with Gasteiger partial charge in [-0.3, -0.25) is 9.89 Å². The Hall–Kier alpha value is -0.250. The molecule has 1 aliphatic carbocycles. The largest absolute Gasteiger partial charge is 0.401 e. The number of hydrogen-bond acceptors (Lipinski definition) is 2. The summed E-state index contributed by atoms with van der Waals surface area (Å²) in [5.74, 6) is 0.785. The van der Waals surface area contributed by atoms with E-state index in [9.17, 15) is 13.2 Å². The monoisotopic (exact) mass is 450 g/mol. The van der Waals surface area contributed by atoms with Gasteiger partial charge in [0.05, 0.1) is 6.54 Å². The van der Waals surface area contributed by atoms with Crippen LogP contribution in [0.1, 0.15) is 45.4 Å². The highest BCUT2D eigenvalue weighted by Gasteiger charge is 2.28. The Morgan fingerprint density at radius 3 is 2.43 bits per heavy atom. The van der Waals surface area contributed by atoms with Crippen molar-refractivity contribution in [3.05, 3.63) is 0 Å². The van der Waals surface area contributed by atoms with Crippen molar-refractivity contribution in [3.63, 3.8) is 0 Å². The van der Waals surface area contributed by atoms with Gasteiger partial charge in [0, 0.05) is 19.1 Å². The van der Waals surface area contributed by atoms with E-state index in [4.69, 9.17) is 0 Å². The van der Waals surface area contributed by atoms with Gasteiger partial charge in [-0.2, -0.15) is 13.2 Å². The second kappa shape index (κ2) is 12.2. The first kappa shape index (κ1) is 22.8. The predicted octanol–water partition coefficient (Wildman–Crippen LogP) is 3.38. The third kappa shape index (κ3) is 11.9. The van der Waals surface area contributed by atoms with Gasteiger partial charge in [-0.05, 0) is 39.8 Å². The van der Waals surface area contributed by atoms with Gasteiger partial charge in [-0.25, -0.2) is 0 Å². The molecule has 0 aromatic carbocycles. The van der Waals surface area contributed by atoms with Crippen LogP contribution in [0, 0.1) is 0 Å². The van der Waals surface area contributed by atoms with Gasteiger partial charge < -0.3 is 10.6 Å². The average Bonchev–Trinajstić information content (AvgIpc) is 2.43. The Labute approximate surface area is 154 Å². The molecular weight excluding hydrogens is 420 g/mol. The molecule has 0 unspecified atom stereocenters. The van der Waals surface area contributed by atoms with Crippen molar-refractivity contribution in [1.82, 2.24) is 15.5 Å². The summed E-state index contributed by atoms with van der Waals surface area (Å²) in [6.07, 6.45) is 2.62. The van der Waals surface area contributed by atoms with E-state index >= 15 is 0 Å². The van der Waals surface area contributed by atoms with E-state index in [1.54, 1.807) is 0 Å². The van der Waals surface area contributed by atoms with Crippen LogP contribution in [-0.4, -0.2) is 56.3 Å². The summed E-state index contributed by atoms with van der Waals surface area (Å²) in [7, 11) is 1.49. The van der Waals surface area contributed by atoms with Gasteiger partial charge in [0.1, 0.15) is 0 Å². The number of nitrogens with zero attached hydrogens (tertiary/aromatic N) is 2. The molecule has 2 N–H and O–H groups in total. The van der Waals surface area contributed by atoms with Crippen molar-refractivity contribution in [2.45, 2.75) is 57.7 Å². The summed E-state index contributed by atoms with van der Waals surface area (Å²) in [6.45, 7) is 2.86. The van der Waals surface area contributed by atoms with Crippen molar-refractivity contribution in [2.75, 3.05) is 33.2 Å². The summed E-state index contributed by atoms with van der Waals surface area (Å²) in [6, 6.07) is 0.472. The van der Waals surface area contributed by atoms with E-state index in [0.29, 0.717) is 25.6 Å². The molecule has 23 heavy (non-hydrogen) atoms. The van der Waals surface area contributed by atoms with Crippen LogP contribution in [0.5, 0.6) is 0 Å². The van der Waals surface area contributed by atoms with Crippen molar-refractivity contribution in [2.24, 2.45) is 4.99 Å². The van der Waals surface area contributed by atoms with Gasteiger partial charge in [-0.15, -0.1) is 24.0 Å². The van der Waals surface area contributed by atoms with E-state index in [1.807, 2.05) is 6.92 Å². The zero-order valence-electron chi connectivity index (χ0n) is 14.1. The fraction of sp³-hybridized carbons (Fsp3) is 0.933. The topological polar surface area (TPSA) is 39.7 Å². The van der Waals surface area contributed by atoms with Crippen molar-refractivity contribution >= 4 is 29.9 Å². The molecule has 0 spiro atoms. The second-order valence-corrected chi connectivity index (χ2v) is 5.95. The maximum atomic E-state index is 12.2. The number of aliphatic imine (C=N–C) groups is 1. The smallest absolute Gasteiger partial charge is 0.357 e. The molecule has 0 aliphatic heterocycles. The molecule has 1 aliphatic rings. The summed E-state index contributed by atoms with van der Waals surface area (Å²) < 4.78 is 36.6. The Morgan fingerprint density at radius 1 is 1.22 bits per heavy atom. The average molecular weight is 450 g/mol. The van der Waals surface area contributed by atoms with Crippen LogP contribution in [0.25, 0.3) is 0 Å². The molecule has 0 saturated heterocycles. The van der Waals surface area contributed by atoms with Crippen molar-refractivity contribution in [1.29, 1.82) is 0 Å². The van der Waals surface area contributed by atoms with Gasteiger partial charge in [-0.1, -0.05) is 19.3 Å². The Kier molecular flexibility index (Phi) is 12.0. The molecule has 0 aromatic rings. The predicted molar refractivity (Wildman–Crippen MR) is 99.6 cm³/mol. The highest BCUT2D eigenvalue weighted by atomic mass is 127. The van der Waals surface area contributed by atoms with E-state index in [1.165, 1.54) is 44.1 Å². The number of guanidine groups is 1. The van der Waals surface area contributed by atoms with Crippen molar-refractivity contribution in [3.8, 4) is 0 Å². The molecule has 0 radical (unpaired) electrons. The Bertz CT molecular complexity index is 331. The zero-order chi connectivity index (χ0) is 16.4. The van der Waals surface area contributed by atoms with Gasteiger partial charge in [0.2, 0.25) is 0 Å². The van der Waals surface area contributed by atoms with Gasteiger partial charge in [0.15, 0.2) is 5.96 Å². The van der Waals surface area contributed by atoms with Crippen LogP contribution in [0.3, 0.4) is 0 Å². The first-order valence-electron chi connectivity index (χ1n) is 8.21. The molecular formula is C15H30F3IN4. The molecule has 0 atom stereocenters. The molecule has 0 amide bonds. The Morgan fingerprint density at radius 2 is 1.87 bits per heavy atom. The van der Waals surface area contributed by atoms with Crippen LogP contribution in [0.4, 0.5) is 13.2 Å². The summed E-state index contributed by atoms with van der Waals surface area (Å²) in [5, 5.41) is 6.63. The molecule has 4 nitrogen and oxygen atoms in total. The van der Waals surface area contributed by atoms with Crippen LogP contribution in [0.15, 0.2) is 4.99 Å². The highest BCUT2D eigenvalue weighted by Crippen LogP contribution is 2.17. The normalized spacial score (nSPS) is 17.0. The number of alkyl halides is 3. The first-order chi connectivity index (χ1) is 10.4. The molecule has 1 rings (SSSR count). The quantitative estimate of drug-likeness (QED) is 0.271. The first-order valence-corrected chi connectivity index (χ1v) is 8.21. The fourth-order valence-corrected chi connectivity index (χ4v) is 2.68. The molecule has 1 saturated carbocycles. The fourth-order valence-electron chi connectivity index (χ4n) is 2.68. The summed E-state index contributed by atoms with van der Waals surface area (Å²) in [4.78, 5) is 5.75. The maximum absolute atomic E-state index is 12.2.